The van der Waals surface area contributed by atoms with E-state index < -0.39 is 0 Å². The average molecular weight is 192 g/mol. The topological polar surface area (TPSA) is 67.6 Å². The summed E-state index contributed by atoms with van der Waals surface area (Å²) in [6, 6.07) is 3.97. The van der Waals surface area contributed by atoms with Gasteiger partial charge in [0.1, 0.15) is 5.82 Å². The van der Waals surface area contributed by atoms with Crippen molar-refractivity contribution in [2.24, 2.45) is 0 Å². The van der Waals surface area contributed by atoms with E-state index in [-0.39, 0.29) is 5.41 Å². The summed E-state index contributed by atoms with van der Waals surface area (Å²) in [5.41, 5.74) is 6.72. The van der Waals surface area contributed by atoms with Crippen LogP contribution in [-0.2, 0) is 12.0 Å². The van der Waals surface area contributed by atoms with E-state index in [0.29, 0.717) is 18.8 Å². The van der Waals surface area contributed by atoms with Gasteiger partial charge in [-0.25, -0.2) is 0 Å². The zero-order valence-corrected chi connectivity index (χ0v) is 8.91. The highest BCUT2D eigenvalue weighted by Crippen LogP contribution is 2.23. The molecule has 0 fully saturated rings. The Labute approximate surface area is 84.3 Å². The van der Waals surface area contributed by atoms with Gasteiger partial charge in [0.25, 0.3) is 0 Å². The molecule has 0 aliphatic heterocycles. The van der Waals surface area contributed by atoms with Crippen molar-refractivity contribution < 1.29 is 0 Å². The predicted octanol–water partition coefficient (Wildman–Crippen LogP) is 1.68. The van der Waals surface area contributed by atoms with E-state index in [1.54, 1.807) is 0 Å². The minimum absolute atomic E-state index is 0.0140. The fourth-order valence-corrected chi connectivity index (χ4v) is 1.37. The number of anilines is 1. The van der Waals surface area contributed by atoms with E-state index in [1.807, 2.05) is 10.7 Å². The van der Waals surface area contributed by atoms with Crippen LogP contribution in [0.3, 0.4) is 0 Å². The van der Waals surface area contributed by atoms with Gasteiger partial charge in [-0.15, -0.1) is 0 Å². The van der Waals surface area contributed by atoms with Crippen molar-refractivity contribution in [3.63, 3.8) is 0 Å². The second kappa shape index (κ2) is 3.70. The van der Waals surface area contributed by atoms with Gasteiger partial charge in [0.2, 0.25) is 0 Å². The summed E-state index contributed by atoms with van der Waals surface area (Å²) < 4.78 is 1.82. The van der Waals surface area contributed by atoms with Crippen LogP contribution in [0.2, 0.25) is 0 Å². The second-order valence-corrected chi connectivity index (χ2v) is 4.34. The number of nitrogens with zero attached hydrogens (tertiary/aromatic N) is 3. The molecular formula is C10H16N4. The molecule has 1 heterocycles. The summed E-state index contributed by atoms with van der Waals surface area (Å²) in [4.78, 5) is 0. The Kier molecular flexibility index (Phi) is 2.80. The third-order valence-electron chi connectivity index (χ3n) is 2.00. The van der Waals surface area contributed by atoms with Crippen molar-refractivity contribution in [3.05, 3.63) is 11.8 Å². The van der Waals surface area contributed by atoms with Gasteiger partial charge in [0.15, 0.2) is 0 Å². The molecular weight excluding hydrogens is 176 g/mol. The van der Waals surface area contributed by atoms with Gasteiger partial charge in [-0.3, -0.25) is 4.68 Å². The average Bonchev–Trinajstić information content (AvgIpc) is 2.42. The zero-order valence-electron chi connectivity index (χ0n) is 8.91. The van der Waals surface area contributed by atoms with Crippen LogP contribution in [0.4, 0.5) is 5.82 Å². The quantitative estimate of drug-likeness (QED) is 0.775. The maximum absolute atomic E-state index is 8.51. The van der Waals surface area contributed by atoms with Gasteiger partial charge in [-0.05, 0) is 0 Å². The smallest absolute Gasteiger partial charge is 0.145 e. The molecule has 0 aliphatic rings. The van der Waals surface area contributed by atoms with Gasteiger partial charge in [-0.2, -0.15) is 10.4 Å². The molecule has 0 saturated carbocycles. The largest absolute Gasteiger partial charge is 0.382 e. The highest BCUT2D eigenvalue weighted by molar-refractivity contribution is 5.32. The number of hydrogen-bond acceptors (Lipinski definition) is 3. The number of rotatable bonds is 2. The summed E-state index contributed by atoms with van der Waals surface area (Å²) in [6.07, 6.45) is 0.462. The summed E-state index contributed by atoms with van der Waals surface area (Å²) in [6.45, 7) is 6.92. The van der Waals surface area contributed by atoms with Gasteiger partial charge in [0, 0.05) is 17.2 Å². The molecule has 2 N–H and O–H groups in total. The lowest BCUT2D eigenvalue weighted by Crippen LogP contribution is -2.18. The lowest BCUT2D eigenvalue weighted by molar-refractivity contribution is 0.490. The molecule has 0 radical (unpaired) electrons. The summed E-state index contributed by atoms with van der Waals surface area (Å²) >= 11 is 0. The van der Waals surface area contributed by atoms with Crippen LogP contribution in [0.1, 0.15) is 32.9 Å². The van der Waals surface area contributed by atoms with Crippen molar-refractivity contribution in [3.8, 4) is 6.07 Å². The number of nitrogens with two attached hydrogens (primary N) is 1. The summed E-state index contributed by atoms with van der Waals surface area (Å²) in [5, 5.41) is 12.7. The van der Waals surface area contributed by atoms with E-state index in [0.717, 1.165) is 5.69 Å². The molecule has 0 amide bonds. The van der Waals surface area contributed by atoms with Crippen LogP contribution >= 0.6 is 0 Å². The van der Waals surface area contributed by atoms with E-state index in [9.17, 15) is 0 Å². The van der Waals surface area contributed by atoms with Gasteiger partial charge in [-0.1, -0.05) is 20.8 Å². The van der Waals surface area contributed by atoms with Crippen molar-refractivity contribution >= 4 is 5.82 Å². The maximum Gasteiger partial charge on any atom is 0.145 e. The SMILES string of the molecule is CC(C)(C)c1cc(N)nn1CCC#N. The van der Waals surface area contributed by atoms with Gasteiger partial charge in [0.05, 0.1) is 19.0 Å². The first-order valence-electron chi connectivity index (χ1n) is 4.66. The molecule has 0 aliphatic carbocycles. The van der Waals surface area contributed by atoms with Crippen LogP contribution in [0.25, 0.3) is 0 Å². The first-order valence-corrected chi connectivity index (χ1v) is 4.66. The standard InChI is InChI=1S/C10H16N4/c1-10(2,3)8-7-9(12)13-14(8)6-4-5-11/h7H,4,6H2,1-3H3,(H2,12,13). The van der Waals surface area contributed by atoms with Crippen molar-refractivity contribution in [1.82, 2.24) is 9.78 Å². The fourth-order valence-electron chi connectivity index (χ4n) is 1.37. The van der Waals surface area contributed by atoms with E-state index in [1.165, 1.54) is 0 Å². The van der Waals surface area contributed by atoms with Crippen molar-refractivity contribution in [2.45, 2.75) is 39.2 Å². The Morgan fingerprint density at radius 2 is 2.21 bits per heavy atom. The predicted molar refractivity (Wildman–Crippen MR) is 55.6 cm³/mol. The Hall–Kier alpha value is -1.50. The zero-order chi connectivity index (χ0) is 10.8. The molecule has 0 saturated heterocycles. The summed E-state index contributed by atoms with van der Waals surface area (Å²) in [5.74, 6) is 0.521. The minimum atomic E-state index is 0.0140. The number of aryl methyl sites for hydroxylation is 1. The highest BCUT2D eigenvalue weighted by atomic mass is 15.3. The molecule has 1 aromatic heterocycles. The Balaban J connectivity index is 2.98. The maximum atomic E-state index is 8.51. The van der Waals surface area contributed by atoms with Crippen LogP contribution in [0.5, 0.6) is 0 Å². The number of aromatic nitrogens is 2. The second-order valence-electron chi connectivity index (χ2n) is 4.34. The Bertz CT molecular complexity index is 351. The first kappa shape index (κ1) is 10.6. The highest BCUT2D eigenvalue weighted by Gasteiger charge is 2.19. The molecule has 4 nitrogen and oxygen atoms in total. The van der Waals surface area contributed by atoms with Crippen molar-refractivity contribution in [1.29, 1.82) is 5.26 Å². The molecule has 0 atom stereocenters. The number of hydrogen-bond donors (Lipinski definition) is 1. The van der Waals surface area contributed by atoms with Crippen LogP contribution < -0.4 is 5.73 Å². The molecule has 0 bridgehead atoms. The molecule has 1 rings (SSSR count). The lowest BCUT2D eigenvalue weighted by atomic mass is 9.92. The van der Waals surface area contributed by atoms with Crippen molar-refractivity contribution in [2.75, 3.05) is 5.73 Å². The fraction of sp³-hybridized carbons (Fsp3) is 0.600. The number of nitriles is 1. The van der Waals surface area contributed by atoms with E-state index in [2.05, 4.69) is 31.9 Å². The first-order chi connectivity index (χ1) is 6.45. The molecule has 4 heteroatoms. The molecule has 1 aromatic rings. The van der Waals surface area contributed by atoms with E-state index >= 15 is 0 Å². The van der Waals surface area contributed by atoms with Gasteiger partial charge >= 0.3 is 0 Å². The normalized spacial score (nSPS) is 11.3. The minimum Gasteiger partial charge on any atom is -0.382 e. The third kappa shape index (κ3) is 2.25. The molecule has 0 spiro atoms. The molecule has 76 valence electrons. The third-order valence-corrected chi connectivity index (χ3v) is 2.00. The molecule has 0 unspecified atom stereocenters. The monoisotopic (exact) mass is 192 g/mol. The van der Waals surface area contributed by atoms with Gasteiger partial charge < -0.3 is 5.73 Å². The Morgan fingerprint density at radius 3 is 2.71 bits per heavy atom. The molecule has 0 aromatic carbocycles. The van der Waals surface area contributed by atoms with Crippen LogP contribution in [0, 0.1) is 11.3 Å². The Morgan fingerprint density at radius 1 is 1.57 bits per heavy atom. The summed E-state index contributed by atoms with van der Waals surface area (Å²) in [7, 11) is 0. The number of nitrogen functional groups attached to an aromatic ring is 1. The molecule has 14 heavy (non-hydrogen) atoms. The van der Waals surface area contributed by atoms with Crippen LogP contribution in [-0.4, -0.2) is 9.78 Å². The lowest BCUT2D eigenvalue weighted by Gasteiger charge is -2.19. The van der Waals surface area contributed by atoms with E-state index in [4.69, 9.17) is 11.0 Å². The van der Waals surface area contributed by atoms with Crippen LogP contribution in [0.15, 0.2) is 6.07 Å².